The quantitative estimate of drug-likeness (QED) is 0.865. The molecule has 2 aliphatic rings. The van der Waals surface area contributed by atoms with E-state index in [-0.39, 0.29) is 0 Å². The minimum Gasteiger partial charge on any atom is -0.317 e. The summed E-state index contributed by atoms with van der Waals surface area (Å²) >= 11 is 0. The Morgan fingerprint density at radius 1 is 1.19 bits per heavy atom. The van der Waals surface area contributed by atoms with E-state index in [2.05, 4.69) is 60.9 Å². The molecule has 0 aromatic heterocycles. The molecule has 21 heavy (non-hydrogen) atoms. The monoisotopic (exact) mass is 284 g/mol. The molecule has 2 N–H and O–H groups in total. The second-order valence-electron chi connectivity index (χ2n) is 6.85. The first kappa shape index (κ1) is 14.8. The van der Waals surface area contributed by atoms with Crippen molar-refractivity contribution in [2.24, 2.45) is 11.8 Å². The van der Waals surface area contributed by atoms with Crippen molar-refractivity contribution in [3.63, 3.8) is 0 Å². The third kappa shape index (κ3) is 3.96. The Morgan fingerprint density at radius 2 is 1.90 bits per heavy atom. The van der Waals surface area contributed by atoms with Gasteiger partial charge in [0.05, 0.1) is 0 Å². The van der Waals surface area contributed by atoms with Crippen molar-refractivity contribution >= 4 is 6.08 Å². The maximum atomic E-state index is 3.88. The minimum absolute atomic E-state index is 0.634. The average molecular weight is 284 g/mol. The topological polar surface area (TPSA) is 24.1 Å². The first-order valence-corrected chi connectivity index (χ1v) is 8.47. The molecule has 1 aliphatic carbocycles. The molecule has 3 rings (SSSR count). The maximum absolute atomic E-state index is 3.88. The standard InChI is InChI=1S/C19H28N2/c1-14(2)17(12-15-6-4-3-5-7-15)18-13-19(18)21-16-8-10-20-11-9-16/h3-7,12,14,16,18-21H,8-11,13H2,1-2H3/t18-,19+/m0/s1. The largest absolute Gasteiger partial charge is 0.317 e. The van der Waals surface area contributed by atoms with Gasteiger partial charge < -0.3 is 10.6 Å². The summed E-state index contributed by atoms with van der Waals surface area (Å²) in [4.78, 5) is 0. The second-order valence-corrected chi connectivity index (χ2v) is 6.85. The van der Waals surface area contributed by atoms with Crippen molar-refractivity contribution in [1.82, 2.24) is 10.6 Å². The van der Waals surface area contributed by atoms with Crippen molar-refractivity contribution in [3.05, 3.63) is 41.5 Å². The van der Waals surface area contributed by atoms with Gasteiger partial charge in [0.15, 0.2) is 0 Å². The van der Waals surface area contributed by atoms with Crippen molar-refractivity contribution in [3.8, 4) is 0 Å². The third-order valence-corrected chi connectivity index (χ3v) is 4.81. The Bertz CT molecular complexity index is 472. The van der Waals surface area contributed by atoms with Crippen LogP contribution in [-0.4, -0.2) is 25.2 Å². The van der Waals surface area contributed by atoms with E-state index in [1.54, 1.807) is 5.57 Å². The van der Waals surface area contributed by atoms with E-state index >= 15 is 0 Å². The predicted octanol–water partition coefficient (Wildman–Crippen LogP) is 3.46. The molecule has 1 aliphatic heterocycles. The lowest BCUT2D eigenvalue weighted by molar-refractivity contribution is 0.380. The number of hydrogen-bond acceptors (Lipinski definition) is 2. The summed E-state index contributed by atoms with van der Waals surface area (Å²) in [7, 11) is 0. The van der Waals surface area contributed by atoms with Gasteiger partial charge in [-0.2, -0.15) is 0 Å². The van der Waals surface area contributed by atoms with Crippen LogP contribution in [0.3, 0.4) is 0 Å². The number of benzene rings is 1. The highest BCUT2D eigenvalue weighted by atomic mass is 15.0. The van der Waals surface area contributed by atoms with E-state index in [4.69, 9.17) is 0 Å². The van der Waals surface area contributed by atoms with E-state index in [0.717, 1.165) is 12.0 Å². The number of piperidine rings is 1. The Kier molecular flexibility index (Phi) is 4.77. The lowest BCUT2D eigenvalue weighted by Gasteiger charge is -2.24. The van der Waals surface area contributed by atoms with Crippen molar-refractivity contribution in [2.45, 2.75) is 45.2 Å². The highest BCUT2D eigenvalue weighted by molar-refractivity contribution is 5.55. The summed E-state index contributed by atoms with van der Waals surface area (Å²) in [5.41, 5.74) is 2.96. The molecular formula is C19H28N2. The number of hydrogen-bond donors (Lipinski definition) is 2. The van der Waals surface area contributed by atoms with Gasteiger partial charge in [-0.25, -0.2) is 0 Å². The molecule has 0 radical (unpaired) electrons. The zero-order chi connectivity index (χ0) is 14.7. The average Bonchev–Trinajstić information content (AvgIpc) is 3.25. The van der Waals surface area contributed by atoms with Crippen molar-refractivity contribution in [1.29, 1.82) is 0 Å². The first-order chi connectivity index (χ1) is 10.2. The van der Waals surface area contributed by atoms with Crippen LogP contribution in [0.15, 0.2) is 35.9 Å². The van der Waals surface area contributed by atoms with Gasteiger partial charge in [0.2, 0.25) is 0 Å². The fourth-order valence-electron chi connectivity index (χ4n) is 3.48. The molecule has 0 unspecified atom stereocenters. The third-order valence-electron chi connectivity index (χ3n) is 4.81. The van der Waals surface area contributed by atoms with Gasteiger partial charge in [-0.05, 0) is 49.8 Å². The zero-order valence-electron chi connectivity index (χ0n) is 13.3. The zero-order valence-corrected chi connectivity index (χ0v) is 13.3. The molecule has 0 amide bonds. The van der Waals surface area contributed by atoms with Gasteiger partial charge in [0.25, 0.3) is 0 Å². The van der Waals surface area contributed by atoms with Gasteiger partial charge in [0.1, 0.15) is 0 Å². The van der Waals surface area contributed by atoms with Crippen LogP contribution in [-0.2, 0) is 0 Å². The predicted molar refractivity (Wildman–Crippen MR) is 90.2 cm³/mol. The van der Waals surface area contributed by atoms with Crippen LogP contribution >= 0.6 is 0 Å². The fourth-order valence-corrected chi connectivity index (χ4v) is 3.48. The van der Waals surface area contributed by atoms with Crippen LogP contribution in [0, 0.1) is 11.8 Å². The van der Waals surface area contributed by atoms with Gasteiger partial charge in [-0.3, -0.25) is 0 Å². The summed E-state index contributed by atoms with van der Waals surface area (Å²) < 4.78 is 0. The van der Waals surface area contributed by atoms with Crippen LogP contribution < -0.4 is 10.6 Å². The summed E-state index contributed by atoms with van der Waals surface area (Å²) in [6, 6.07) is 12.2. The minimum atomic E-state index is 0.634. The molecule has 114 valence electrons. The van der Waals surface area contributed by atoms with E-state index < -0.39 is 0 Å². The molecule has 2 atom stereocenters. The van der Waals surface area contributed by atoms with Crippen LogP contribution in [0.25, 0.3) is 6.08 Å². The lowest BCUT2D eigenvalue weighted by Crippen LogP contribution is -2.41. The van der Waals surface area contributed by atoms with Crippen LogP contribution in [0.5, 0.6) is 0 Å². The van der Waals surface area contributed by atoms with Crippen molar-refractivity contribution < 1.29 is 0 Å². The van der Waals surface area contributed by atoms with Crippen molar-refractivity contribution in [2.75, 3.05) is 13.1 Å². The molecule has 2 heteroatoms. The van der Waals surface area contributed by atoms with E-state index in [1.165, 1.54) is 37.9 Å². The van der Waals surface area contributed by atoms with Gasteiger partial charge >= 0.3 is 0 Å². The maximum Gasteiger partial charge on any atom is 0.0142 e. The smallest absolute Gasteiger partial charge is 0.0142 e. The second kappa shape index (κ2) is 6.76. The summed E-state index contributed by atoms with van der Waals surface area (Å²) in [6.07, 6.45) is 6.30. The van der Waals surface area contributed by atoms with E-state index in [9.17, 15) is 0 Å². The summed E-state index contributed by atoms with van der Waals surface area (Å²) in [6.45, 7) is 7.00. The number of rotatable bonds is 5. The molecule has 1 heterocycles. The summed E-state index contributed by atoms with van der Waals surface area (Å²) in [5.74, 6) is 1.38. The van der Waals surface area contributed by atoms with Gasteiger partial charge in [0, 0.05) is 12.1 Å². The first-order valence-electron chi connectivity index (χ1n) is 8.47. The Balaban J connectivity index is 1.62. The van der Waals surface area contributed by atoms with E-state index in [1.807, 2.05) is 0 Å². The molecule has 1 saturated carbocycles. The molecule has 2 fully saturated rings. The Hall–Kier alpha value is -1.12. The molecule has 2 nitrogen and oxygen atoms in total. The molecular weight excluding hydrogens is 256 g/mol. The molecule has 1 aromatic carbocycles. The highest BCUT2D eigenvalue weighted by Gasteiger charge is 2.41. The molecule has 1 saturated heterocycles. The highest BCUT2D eigenvalue weighted by Crippen LogP contribution is 2.42. The normalized spacial score (nSPS) is 27.1. The fraction of sp³-hybridized carbons (Fsp3) is 0.579. The van der Waals surface area contributed by atoms with Crippen LogP contribution in [0.2, 0.25) is 0 Å². The van der Waals surface area contributed by atoms with Gasteiger partial charge in [-0.1, -0.05) is 55.8 Å². The Morgan fingerprint density at radius 3 is 2.57 bits per heavy atom. The SMILES string of the molecule is CC(C)C(=Cc1ccccc1)[C@@H]1C[C@H]1NC1CCNCC1. The Labute approximate surface area is 129 Å². The van der Waals surface area contributed by atoms with Crippen LogP contribution in [0.1, 0.15) is 38.7 Å². The molecule has 0 spiro atoms. The van der Waals surface area contributed by atoms with Gasteiger partial charge in [-0.15, -0.1) is 0 Å². The number of nitrogens with one attached hydrogen (secondary N) is 2. The molecule has 0 bridgehead atoms. The lowest BCUT2D eigenvalue weighted by atomic mass is 9.95. The summed E-state index contributed by atoms with van der Waals surface area (Å²) in [5, 5.41) is 7.33. The van der Waals surface area contributed by atoms with Crippen LogP contribution in [0.4, 0.5) is 0 Å². The molecule has 1 aromatic rings. The van der Waals surface area contributed by atoms with E-state index in [0.29, 0.717) is 12.0 Å².